The van der Waals surface area contributed by atoms with Crippen LogP contribution in [-0.2, 0) is 38.0 Å². The van der Waals surface area contributed by atoms with Crippen LogP contribution in [0.5, 0.6) is 0 Å². The van der Waals surface area contributed by atoms with Gasteiger partial charge in [-0.1, -0.05) is 49.2 Å². The summed E-state index contributed by atoms with van der Waals surface area (Å²) >= 11 is 12.8. The van der Waals surface area contributed by atoms with Crippen LogP contribution in [0.3, 0.4) is 0 Å². The molecule has 1 aromatic rings. The quantitative estimate of drug-likeness (QED) is 0.140. The van der Waals surface area contributed by atoms with Gasteiger partial charge in [0.2, 0.25) is 0 Å². The number of benzene rings is 1. The van der Waals surface area contributed by atoms with E-state index in [2.05, 4.69) is 6.92 Å². The van der Waals surface area contributed by atoms with Gasteiger partial charge in [0.05, 0.1) is 64.5 Å². The molecule has 7 fully saturated rings. The van der Waals surface area contributed by atoms with Gasteiger partial charge in [0.25, 0.3) is 0 Å². The summed E-state index contributed by atoms with van der Waals surface area (Å²) in [5, 5.41) is 68.6. The molecule has 14 nitrogen and oxygen atoms in total. The SMILES string of the molecule is C[C@H]1O[C@@H](O[C@H]2[C@@H](O)C[C@H](O[C@H]3[C@@H](O)C[C@H](O[C@H]4CC[C@@]5(C)[C@H](CC[C@@H]6[C@@H]5C[C@@H](O)[C@]5(C)[C@@H](C7=CC(=O)O/C7=C\c7cccc(Cl)c7Cl)CC[C@]65O)C4)O[C@@H]3C)O[C@@H]2C)C[C@H](O)[C@@H]1O. The Balaban J connectivity index is 0.800. The zero-order valence-electron chi connectivity index (χ0n) is 37.3. The maximum atomic E-state index is 13.0. The van der Waals surface area contributed by atoms with Crippen LogP contribution in [0.2, 0.25) is 10.0 Å². The Morgan fingerprint density at radius 1 is 0.734 bits per heavy atom. The van der Waals surface area contributed by atoms with Crippen molar-refractivity contribution in [2.45, 2.75) is 197 Å². The van der Waals surface area contributed by atoms with E-state index in [1.807, 2.05) is 13.8 Å². The minimum absolute atomic E-state index is 0.0259. The van der Waals surface area contributed by atoms with Gasteiger partial charge >= 0.3 is 5.97 Å². The Morgan fingerprint density at radius 3 is 2.00 bits per heavy atom. The maximum Gasteiger partial charge on any atom is 0.336 e. The average Bonchev–Trinajstić information content (AvgIpc) is 3.74. The molecule has 4 aliphatic heterocycles. The van der Waals surface area contributed by atoms with Gasteiger partial charge in [-0.15, -0.1) is 0 Å². The number of fused-ring (bicyclic) bond motifs is 5. The van der Waals surface area contributed by atoms with E-state index in [1.54, 1.807) is 38.1 Å². The highest BCUT2D eigenvalue weighted by Gasteiger charge is 2.71. The van der Waals surface area contributed by atoms with E-state index in [0.717, 1.165) is 32.1 Å². The number of aliphatic hydroxyl groups is 6. The Hall–Kier alpha value is -1.73. The van der Waals surface area contributed by atoms with Crippen LogP contribution >= 0.6 is 23.2 Å². The molecule has 0 bridgehead atoms. The topological polar surface area (TPSA) is 203 Å². The Bertz CT molecular complexity index is 1930. The van der Waals surface area contributed by atoms with Crippen molar-refractivity contribution < 1.29 is 68.6 Å². The summed E-state index contributed by atoms with van der Waals surface area (Å²) in [6.07, 6.45) is -0.883. The van der Waals surface area contributed by atoms with Gasteiger partial charge in [-0.2, -0.15) is 0 Å². The fourth-order valence-corrected chi connectivity index (χ4v) is 14.0. The average molecular weight is 938 g/mol. The van der Waals surface area contributed by atoms with Crippen LogP contribution in [0.4, 0.5) is 0 Å². The third-order valence-electron chi connectivity index (χ3n) is 17.2. The molecular weight excluding hydrogens is 871 g/mol. The van der Waals surface area contributed by atoms with Crippen LogP contribution in [0, 0.1) is 34.5 Å². The third kappa shape index (κ3) is 8.24. The van der Waals surface area contributed by atoms with E-state index >= 15 is 0 Å². The smallest absolute Gasteiger partial charge is 0.336 e. The molecule has 16 heteroatoms. The molecule has 0 unspecified atom stereocenters. The molecule has 21 atom stereocenters. The fourth-order valence-electron chi connectivity index (χ4n) is 13.6. The highest BCUT2D eigenvalue weighted by atomic mass is 35.5. The molecule has 3 saturated heterocycles. The van der Waals surface area contributed by atoms with Crippen molar-refractivity contribution in [3.63, 3.8) is 0 Å². The number of carbonyl (C=O) groups excluding carboxylic acids is 1. The largest absolute Gasteiger partial charge is 0.423 e. The molecule has 9 rings (SSSR count). The van der Waals surface area contributed by atoms with Crippen molar-refractivity contribution in [2.24, 2.45) is 34.5 Å². The van der Waals surface area contributed by atoms with Crippen molar-refractivity contribution in [1.29, 1.82) is 0 Å². The molecule has 4 heterocycles. The van der Waals surface area contributed by atoms with Crippen molar-refractivity contribution in [1.82, 2.24) is 0 Å². The number of hydrogen-bond acceptors (Lipinski definition) is 14. The Kier molecular flexibility index (Phi) is 13.3. The Labute approximate surface area is 385 Å². The lowest BCUT2D eigenvalue weighted by atomic mass is 9.42. The van der Waals surface area contributed by atoms with Crippen molar-refractivity contribution in [3.05, 3.63) is 51.2 Å². The minimum Gasteiger partial charge on any atom is -0.423 e. The minimum atomic E-state index is -1.15. The molecule has 4 aliphatic carbocycles. The number of rotatable bonds is 8. The van der Waals surface area contributed by atoms with Crippen LogP contribution in [-0.4, -0.2) is 128 Å². The highest BCUT2D eigenvalue weighted by Crippen LogP contribution is 2.70. The van der Waals surface area contributed by atoms with Gasteiger partial charge in [-0.05, 0) is 119 Å². The zero-order chi connectivity index (χ0) is 45.6. The summed E-state index contributed by atoms with van der Waals surface area (Å²) in [5.74, 6) is -0.0459. The first-order chi connectivity index (χ1) is 30.3. The van der Waals surface area contributed by atoms with Crippen LogP contribution in [0.1, 0.15) is 111 Å². The number of esters is 1. The molecular formula is C48H66Cl2O14. The number of carbonyl (C=O) groups is 1. The molecule has 0 spiro atoms. The van der Waals surface area contributed by atoms with E-state index < -0.39 is 96.9 Å². The molecule has 8 aliphatic rings. The molecule has 1 aromatic carbocycles. The lowest BCUT2D eigenvalue weighted by molar-refractivity contribution is -0.336. The van der Waals surface area contributed by atoms with Crippen LogP contribution in [0.25, 0.3) is 6.08 Å². The third-order valence-corrected chi connectivity index (χ3v) is 18.1. The summed E-state index contributed by atoms with van der Waals surface area (Å²) in [7, 11) is 0. The van der Waals surface area contributed by atoms with E-state index in [4.69, 9.17) is 56.4 Å². The molecule has 64 heavy (non-hydrogen) atoms. The second kappa shape index (κ2) is 18.0. The monoisotopic (exact) mass is 936 g/mol. The van der Waals surface area contributed by atoms with Gasteiger partial charge < -0.3 is 63.8 Å². The molecule has 0 radical (unpaired) electrons. The number of allylic oxidation sites excluding steroid dienone is 1. The summed E-state index contributed by atoms with van der Waals surface area (Å²) in [6, 6.07) is 5.28. The first-order valence-corrected chi connectivity index (χ1v) is 24.2. The van der Waals surface area contributed by atoms with Gasteiger partial charge in [0.15, 0.2) is 18.9 Å². The predicted molar refractivity (Wildman–Crippen MR) is 232 cm³/mol. The number of hydrogen-bond donors (Lipinski definition) is 6. The van der Waals surface area contributed by atoms with Gasteiger partial charge in [0, 0.05) is 36.3 Å². The molecule has 0 aromatic heterocycles. The maximum absolute atomic E-state index is 13.0. The van der Waals surface area contributed by atoms with E-state index in [9.17, 15) is 35.4 Å². The van der Waals surface area contributed by atoms with Crippen LogP contribution in [0.15, 0.2) is 35.6 Å². The summed E-state index contributed by atoms with van der Waals surface area (Å²) < 4.78 is 42.7. The normalized spacial score (nSPS) is 50.0. The lowest BCUT2D eigenvalue weighted by Crippen LogP contribution is -2.67. The highest BCUT2D eigenvalue weighted by molar-refractivity contribution is 6.42. The standard InChI is InChI=1S/C48H66Cl2O14/c1-22-43(56)33(51)19-40(58-22)63-45-24(3)60-41(21-35(45)53)64-44-23(2)59-39(20-34(44)52)61-27-11-13-46(4)26(16-27)9-10-30-31(46)18-37(54)47(5)29(12-14-48(30,47)57)28-17-38(55)62-36(28)15-25-7-6-8-32(49)42(25)50/h6-8,15,17,22-24,26-27,29-31,33-35,37,39-41,43-45,51-54,56-57H,9-14,16,18-21H2,1-5H3/b36-15-/t22-,23-,24-,26-,27+,29-,30-,31+,33+,34+,35+,37-,39+,40+,41+,43-,44-,45-,46+,47+,48+/m1/s1. The van der Waals surface area contributed by atoms with Gasteiger partial charge in [-0.25, -0.2) is 4.79 Å². The van der Waals surface area contributed by atoms with E-state index in [1.165, 1.54) is 6.08 Å². The van der Waals surface area contributed by atoms with Crippen molar-refractivity contribution in [3.8, 4) is 0 Å². The first-order valence-electron chi connectivity index (χ1n) is 23.5. The molecule has 4 saturated carbocycles. The van der Waals surface area contributed by atoms with Crippen molar-refractivity contribution in [2.75, 3.05) is 0 Å². The van der Waals surface area contributed by atoms with Gasteiger partial charge in [-0.3, -0.25) is 0 Å². The Morgan fingerprint density at radius 2 is 1.36 bits per heavy atom. The van der Waals surface area contributed by atoms with Gasteiger partial charge in [0.1, 0.15) is 24.1 Å². The van der Waals surface area contributed by atoms with E-state index in [0.29, 0.717) is 52.1 Å². The summed E-state index contributed by atoms with van der Waals surface area (Å²) in [6.45, 7) is 9.58. The predicted octanol–water partition coefficient (Wildman–Crippen LogP) is 5.57. The van der Waals surface area contributed by atoms with Crippen LogP contribution < -0.4 is 0 Å². The lowest BCUT2D eigenvalue weighted by Gasteiger charge is -2.65. The number of aliphatic hydroxyl groups excluding tert-OH is 5. The number of cyclic esters (lactones) is 1. The molecule has 0 amide bonds. The first kappa shape index (κ1) is 47.3. The second-order valence-electron chi connectivity index (χ2n) is 20.7. The van der Waals surface area contributed by atoms with E-state index in [-0.39, 0.29) is 48.5 Å². The number of ether oxygens (including phenoxy) is 7. The molecule has 6 N–H and O–H groups in total. The zero-order valence-corrected chi connectivity index (χ0v) is 38.8. The summed E-state index contributed by atoms with van der Waals surface area (Å²) in [5.41, 5.74) is -0.898. The fraction of sp³-hybridized carbons (Fsp3) is 0.771. The molecule has 356 valence electrons. The number of halogens is 2. The second-order valence-corrected chi connectivity index (χ2v) is 21.4. The summed E-state index contributed by atoms with van der Waals surface area (Å²) in [4.78, 5) is 12.8. The van der Waals surface area contributed by atoms with Crippen molar-refractivity contribution >= 4 is 35.2 Å².